The van der Waals surface area contributed by atoms with Gasteiger partial charge in [-0.1, -0.05) is 30.3 Å². The summed E-state index contributed by atoms with van der Waals surface area (Å²) in [5.74, 6) is 1.07. The fourth-order valence-corrected chi connectivity index (χ4v) is 4.25. The predicted octanol–water partition coefficient (Wildman–Crippen LogP) is 2.81. The summed E-state index contributed by atoms with van der Waals surface area (Å²) in [7, 11) is 0. The lowest BCUT2D eigenvalue weighted by Crippen LogP contribution is -2.60. The Balaban J connectivity index is 1.37. The number of aromatic nitrogens is 3. The molecule has 3 aromatic rings. The third-order valence-corrected chi connectivity index (χ3v) is 5.70. The van der Waals surface area contributed by atoms with E-state index >= 15 is 0 Å². The Hall–Kier alpha value is -2.40. The first-order chi connectivity index (χ1) is 11.8. The van der Waals surface area contributed by atoms with Gasteiger partial charge in [0.1, 0.15) is 17.8 Å². The smallest absolute Gasteiger partial charge is 0.142 e. The van der Waals surface area contributed by atoms with Crippen LogP contribution < -0.4 is 4.90 Å². The highest BCUT2D eigenvalue weighted by Crippen LogP contribution is 2.42. The average Bonchev–Trinajstić information content (AvgIpc) is 3.27. The van der Waals surface area contributed by atoms with Gasteiger partial charge in [-0.25, -0.2) is 9.97 Å². The van der Waals surface area contributed by atoms with Crippen molar-refractivity contribution in [2.24, 2.45) is 0 Å². The first kappa shape index (κ1) is 14.0. The third-order valence-electron chi connectivity index (χ3n) is 5.70. The molecular weight excluding hydrogens is 298 g/mol. The quantitative estimate of drug-likeness (QED) is 0.806. The largest absolute Gasteiger partial charge is 0.354 e. The fraction of sp³-hybridized carbons (Fsp3) is 0.368. The molecule has 0 radical (unpaired) electrons. The monoisotopic (exact) mass is 319 g/mol. The van der Waals surface area contributed by atoms with Crippen LogP contribution in [0.1, 0.15) is 18.4 Å². The summed E-state index contributed by atoms with van der Waals surface area (Å²) in [4.78, 5) is 17.2. The van der Waals surface area contributed by atoms with Crippen molar-refractivity contribution in [1.29, 1.82) is 0 Å². The molecule has 5 rings (SSSR count). The van der Waals surface area contributed by atoms with Gasteiger partial charge in [0.2, 0.25) is 0 Å². The van der Waals surface area contributed by atoms with E-state index in [1.807, 2.05) is 6.20 Å². The van der Waals surface area contributed by atoms with Gasteiger partial charge in [-0.15, -0.1) is 0 Å². The van der Waals surface area contributed by atoms with Gasteiger partial charge in [-0.2, -0.15) is 0 Å². The number of benzene rings is 1. The highest BCUT2D eigenvalue weighted by atomic mass is 15.3. The van der Waals surface area contributed by atoms with Crippen LogP contribution in [0.4, 0.5) is 5.82 Å². The van der Waals surface area contributed by atoms with E-state index in [2.05, 4.69) is 61.1 Å². The molecule has 2 aliphatic heterocycles. The molecule has 0 saturated carbocycles. The number of likely N-dealkylation sites (tertiary alicyclic amines) is 1. The van der Waals surface area contributed by atoms with Gasteiger partial charge >= 0.3 is 0 Å². The number of nitrogens with one attached hydrogen (secondary N) is 1. The lowest BCUT2D eigenvalue weighted by molar-refractivity contribution is -0.00478. The molecule has 1 atom stereocenters. The zero-order valence-electron chi connectivity index (χ0n) is 13.7. The first-order valence-electron chi connectivity index (χ1n) is 8.66. The summed E-state index contributed by atoms with van der Waals surface area (Å²) in [6.45, 7) is 4.39. The first-order valence-corrected chi connectivity index (χ1v) is 8.66. The Kier molecular flexibility index (Phi) is 3.10. The molecule has 1 aromatic carbocycles. The maximum absolute atomic E-state index is 4.57. The number of hydrogen-bond donors (Lipinski definition) is 1. The van der Waals surface area contributed by atoms with Crippen LogP contribution in [-0.4, -0.2) is 45.0 Å². The van der Waals surface area contributed by atoms with Crippen LogP contribution in [0.5, 0.6) is 0 Å². The molecule has 5 nitrogen and oxygen atoms in total. The Bertz CT molecular complexity index is 858. The molecular formula is C19H21N5. The van der Waals surface area contributed by atoms with E-state index in [9.17, 15) is 0 Å². The molecule has 2 fully saturated rings. The summed E-state index contributed by atoms with van der Waals surface area (Å²) in [6, 6.07) is 12.9. The number of nitrogens with zero attached hydrogens (tertiary/aromatic N) is 4. The van der Waals surface area contributed by atoms with E-state index in [4.69, 9.17) is 0 Å². The van der Waals surface area contributed by atoms with Gasteiger partial charge in [0, 0.05) is 37.9 Å². The molecule has 122 valence electrons. The van der Waals surface area contributed by atoms with Crippen LogP contribution >= 0.6 is 0 Å². The van der Waals surface area contributed by atoms with Crippen molar-refractivity contribution >= 4 is 16.9 Å². The molecule has 1 N–H and O–H groups in total. The molecule has 0 unspecified atom stereocenters. The lowest BCUT2D eigenvalue weighted by Gasteiger charge is -2.51. The van der Waals surface area contributed by atoms with Crippen LogP contribution in [0.25, 0.3) is 11.0 Å². The maximum atomic E-state index is 4.57. The summed E-state index contributed by atoms with van der Waals surface area (Å²) in [5.41, 5.74) is 2.66. The van der Waals surface area contributed by atoms with Crippen LogP contribution in [0, 0.1) is 0 Å². The molecule has 2 saturated heterocycles. The second-order valence-corrected chi connectivity index (χ2v) is 6.99. The van der Waals surface area contributed by atoms with Gasteiger partial charge in [0.15, 0.2) is 0 Å². The summed E-state index contributed by atoms with van der Waals surface area (Å²) >= 11 is 0. The standard InChI is InChI=1S/C19H21N5/c1-2-4-15(5-3-1)12-24-11-8-19(24)7-10-23(13-19)18-16-6-9-20-17(16)21-14-22-18/h1-6,9,14H,7-8,10-13H2,(H,20,21,22)/t19-/m1/s1. The highest BCUT2D eigenvalue weighted by molar-refractivity contribution is 5.87. The Morgan fingerprint density at radius 3 is 2.75 bits per heavy atom. The number of aromatic amines is 1. The van der Waals surface area contributed by atoms with E-state index < -0.39 is 0 Å². The van der Waals surface area contributed by atoms with Gasteiger partial charge < -0.3 is 9.88 Å². The predicted molar refractivity (Wildman–Crippen MR) is 94.9 cm³/mol. The molecule has 2 aromatic heterocycles. The van der Waals surface area contributed by atoms with Crippen molar-refractivity contribution in [3.05, 3.63) is 54.5 Å². The van der Waals surface area contributed by atoms with E-state index in [-0.39, 0.29) is 0 Å². The zero-order chi connectivity index (χ0) is 16.0. The van der Waals surface area contributed by atoms with Crippen LogP contribution in [-0.2, 0) is 6.54 Å². The number of H-pyrrole nitrogens is 1. The maximum Gasteiger partial charge on any atom is 0.142 e. The van der Waals surface area contributed by atoms with E-state index in [1.165, 1.54) is 24.9 Å². The summed E-state index contributed by atoms with van der Waals surface area (Å²) < 4.78 is 0. The minimum Gasteiger partial charge on any atom is -0.354 e. The molecule has 24 heavy (non-hydrogen) atoms. The summed E-state index contributed by atoms with van der Waals surface area (Å²) in [5, 5.41) is 1.13. The van der Waals surface area contributed by atoms with Crippen molar-refractivity contribution in [3.63, 3.8) is 0 Å². The Morgan fingerprint density at radius 1 is 1.04 bits per heavy atom. The molecule has 0 aliphatic carbocycles. The van der Waals surface area contributed by atoms with Crippen molar-refractivity contribution in [2.75, 3.05) is 24.5 Å². The zero-order valence-corrected chi connectivity index (χ0v) is 13.7. The minimum absolute atomic E-state index is 0.323. The van der Waals surface area contributed by atoms with Crippen molar-refractivity contribution < 1.29 is 0 Å². The Morgan fingerprint density at radius 2 is 1.92 bits per heavy atom. The lowest BCUT2D eigenvalue weighted by atomic mass is 9.83. The van der Waals surface area contributed by atoms with E-state index in [0.717, 1.165) is 36.5 Å². The second-order valence-electron chi connectivity index (χ2n) is 6.99. The van der Waals surface area contributed by atoms with Gasteiger partial charge in [0.05, 0.1) is 5.39 Å². The molecule has 0 amide bonds. The molecule has 0 bridgehead atoms. The van der Waals surface area contributed by atoms with Gasteiger partial charge in [0.25, 0.3) is 0 Å². The van der Waals surface area contributed by atoms with Gasteiger partial charge in [-0.3, -0.25) is 4.90 Å². The van der Waals surface area contributed by atoms with Crippen LogP contribution in [0.2, 0.25) is 0 Å². The Labute approximate surface area is 141 Å². The van der Waals surface area contributed by atoms with Crippen molar-refractivity contribution in [2.45, 2.75) is 24.9 Å². The molecule has 5 heteroatoms. The summed E-state index contributed by atoms with van der Waals surface area (Å²) in [6.07, 6.45) is 6.12. The van der Waals surface area contributed by atoms with Crippen molar-refractivity contribution in [3.8, 4) is 0 Å². The molecule has 2 aliphatic rings. The number of fused-ring (bicyclic) bond motifs is 1. The second kappa shape index (κ2) is 5.31. The normalized spacial score (nSPS) is 23.9. The third kappa shape index (κ3) is 2.12. The molecule has 4 heterocycles. The van der Waals surface area contributed by atoms with Crippen molar-refractivity contribution in [1.82, 2.24) is 19.9 Å². The SMILES string of the molecule is c1ccc(CN2CC[C@@]23CCN(c2ncnc4[nH]ccc24)C3)cc1. The van der Waals surface area contributed by atoms with E-state index in [0.29, 0.717) is 5.54 Å². The van der Waals surface area contributed by atoms with Gasteiger partial charge in [-0.05, 0) is 24.5 Å². The number of hydrogen-bond acceptors (Lipinski definition) is 4. The highest BCUT2D eigenvalue weighted by Gasteiger charge is 2.49. The number of rotatable bonds is 3. The molecule has 1 spiro atoms. The topological polar surface area (TPSA) is 48.1 Å². The average molecular weight is 319 g/mol. The van der Waals surface area contributed by atoms with Crippen LogP contribution in [0.3, 0.4) is 0 Å². The van der Waals surface area contributed by atoms with E-state index in [1.54, 1.807) is 6.33 Å². The number of anilines is 1. The van der Waals surface area contributed by atoms with Crippen LogP contribution in [0.15, 0.2) is 48.9 Å². The minimum atomic E-state index is 0.323. The fourth-order valence-electron chi connectivity index (χ4n) is 4.25.